The fourth-order valence-corrected chi connectivity index (χ4v) is 7.74. The first-order chi connectivity index (χ1) is 19.7. The second-order valence-electron chi connectivity index (χ2n) is 12.1. The summed E-state index contributed by atoms with van der Waals surface area (Å²) in [6, 6.07) is 3.35. The van der Waals surface area contributed by atoms with Crippen LogP contribution in [-0.4, -0.2) is 64.4 Å². The molecule has 9 nitrogen and oxygen atoms in total. The van der Waals surface area contributed by atoms with Gasteiger partial charge in [-0.05, 0) is 63.8 Å². The molecule has 1 fully saturated rings. The topological polar surface area (TPSA) is 118 Å². The van der Waals surface area contributed by atoms with Crippen molar-refractivity contribution in [3.63, 3.8) is 0 Å². The molecule has 10 heteroatoms. The van der Waals surface area contributed by atoms with Crippen LogP contribution in [0.5, 0.6) is 23.0 Å². The molecule has 6 rings (SSSR count). The van der Waals surface area contributed by atoms with Gasteiger partial charge >= 0.3 is 0 Å². The Kier molecular flexibility index (Phi) is 9.08. The number of ether oxygens (including phenoxy) is 2. The number of fused-ring (bicyclic) bond motifs is 9. The molecule has 4 aliphatic heterocycles. The van der Waals surface area contributed by atoms with Crippen molar-refractivity contribution in [2.24, 2.45) is 0 Å². The zero-order chi connectivity index (χ0) is 29.2. The van der Waals surface area contributed by atoms with E-state index >= 15 is 0 Å². The summed E-state index contributed by atoms with van der Waals surface area (Å²) in [7, 11) is 2.04. The minimum absolute atomic E-state index is 0. The van der Waals surface area contributed by atoms with E-state index in [4.69, 9.17) is 9.47 Å². The van der Waals surface area contributed by atoms with E-state index in [0.29, 0.717) is 42.1 Å². The summed E-state index contributed by atoms with van der Waals surface area (Å²) in [6.07, 6.45) is 4.40. The van der Waals surface area contributed by atoms with Crippen LogP contribution in [0.15, 0.2) is 6.07 Å². The van der Waals surface area contributed by atoms with Gasteiger partial charge < -0.3 is 25.0 Å². The molecule has 2 bridgehead atoms. The average molecular weight is 788 g/mol. The van der Waals surface area contributed by atoms with Gasteiger partial charge in [-0.2, -0.15) is 5.26 Å². The molecule has 42 heavy (non-hydrogen) atoms. The van der Waals surface area contributed by atoms with Crippen molar-refractivity contribution in [1.82, 2.24) is 15.1 Å². The van der Waals surface area contributed by atoms with Gasteiger partial charge in [-0.25, -0.2) is 0 Å². The van der Waals surface area contributed by atoms with Gasteiger partial charge in [0.2, 0.25) is 12.7 Å². The second kappa shape index (κ2) is 12.2. The number of nitriles is 1. The summed E-state index contributed by atoms with van der Waals surface area (Å²) in [5.41, 5.74) is 6.06. The molecule has 1 amide bonds. The van der Waals surface area contributed by atoms with Crippen LogP contribution in [0.3, 0.4) is 0 Å². The maximum absolute atomic E-state index is 12.9. The number of unbranched alkanes of at least 4 members (excludes halogenated alkanes) is 2. The number of carbonyl (C=O) groups excluding carboxylic acids is 1. The van der Waals surface area contributed by atoms with Crippen molar-refractivity contribution in [2.75, 3.05) is 20.4 Å². The Morgan fingerprint density at radius 1 is 1.07 bits per heavy atom. The second-order valence-corrected chi connectivity index (χ2v) is 12.1. The molecule has 4 heterocycles. The van der Waals surface area contributed by atoms with E-state index in [1.807, 2.05) is 27.8 Å². The molecule has 5 atom stereocenters. The van der Waals surface area contributed by atoms with E-state index in [1.165, 1.54) is 0 Å². The van der Waals surface area contributed by atoms with Crippen molar-refractivity contribution >= 4 is 5.91 Å². The summed E-state index contributed by atoms with van der Waals surface area (Å²) in [4.78, 5) is 17.4. The molecule has 0 aliphatic carbocycles. The van der Waals surface area contributed by atoms with Crippen LogP contribution in [0.1, 0.15) is 83.6 Å². The molecule has 2 aromatic rings. The first-order valence-corrected chi connectivity index (χ1v) is 14.8. The number of phenols is 2. The molecule has 1 unspecified atom stereocenters. The molecule has 2 aromatic carbocycles. The number of hydrogen-bond acceptors (Lipinski definition) is 8. The molecule has 4 aliphatic rings. The summed E-state index contributed by atoms with van der Waals surface area (Å²) in [6.45, 7) is 8.23. The van der Waals surface area contributed by atoms with Crippen molar-refractivity contribution in [1.29, 1.82) is 5.26 Å². The first-order valence-electron chi connectivity index (χ1n) is 14.8. The number of benzene rings is 2. The number of phenolic OH excluding ortho intramolecular Hbond substituents is 2. The summed E-state index contributed by atoms with van der Waals surface area (Å²) in [5.74, 6) is 1.57. The minimum atomic E-state index is -0.477. The van der Waals surface area contributed by atoms with Gasteiger partial charge in [0.05, 0.1) is 18.2 Å². The number of amides is 1. The van der Waals surface area contributed by atoms with Crippen LogP contribution in [-0.2, 0) is 17.6 Å². The Balaban J connectivity index is 0.00000353. The summed E-state index contributed by atoms with van der Waals surface area (Å²) < 4.78 is 11.8. The molecule has 3 N–H and O–H groups in total. The Morgan fingerprint density at radius 2 is 1.81 bits per heavy atom. The van der Waals surface area contributed by atoms with Crippen molar-refractivity contribution in [2.45, 2.75) is 96.4 Å². The quantitative estimate of drug-likeness (QED) is 0.373. The number of carbonyl (C=O) groups is 1. The number of rotatable bonds is 6. The van der Waals surface area contributed by atoms with Crippen molar-refractivity contribution in [3.05, 3.63) is 45.0 Å². The Labute approximate surface area is 283 Å². The van der Waals surface area contributed by atoms with E-state index in [-0.39, 0.29) is 87.2 Å². The Hall–Kier alpha value is -2.04. The van der Waals surface area contributed by atoms with Crippen LogP contribution < -0.4 is 14.8 Å². The molecular weight excluding hydrogens is 747 g/mol. The Morgan fingerprint density at radius 3 is 2.52 bits per heavy atom. The molecular formula is C32H40AcN4O5. The fourth-order valence-electron chi connectivity index (χ4n) is 7.74. The number of aromatic hydroxyl groups is 2. The van der Waals surface area contributed by atoms with Crippen LogP contribution in [0, 0.1) is 76.2 Å². The zero-order valence-electron chi connectivity index (χ0n) is 25.2. The average Bonchev–Trinajstić information content (AvgIpc) is 3.44. The van der Waals surface area contributed by atoms with Crippen molar-refractivity contribution < 1.29 is 68.5 Å². The number of piperazine rings is 1. The summed E-state index contributed by atoms with van der Waals surface area (Å²) in [5, 5.41) is 36.8. The molecule has 0 aromatic heterocycles. The summed E-state index contributed by atoms with van der Waals surface area (Å²) >= 11 is 0. The standard InChI is InChI=1S/C32H40N4O5.Ac/c1-6-7-8-9-25(37)34-14-24-27-20(29(38)18(4)31-32(27)41-15-40-31)12-22-28-26-19(10-16(2)17(3)30(26)39)11-21(35(28)5)23(13-33)36(22)24;/h10,21-24,28,38-39H,6-9,11-12,14-15H2,1-5H3,(H,34,37);/t21-,22?,23-,24-,28-;/m0./s1. The predicted octanol–water partition coefficient (Wildman–Crippen LogP) is 4.22. The van der Waals surface area contributed by atoms with E-state index in [0.717, 1.165) is 52.6 Å². The third-order valence-electron chi connectivity index (χ3n) is 9.96. The maximum Gasteiger partial charge on any atom is 0.231 e. The predicted molar refractivity (Wildman–Crippen MR) is 153 cm³/mol. The number of hydrogen-bond donors (Lipinski definition) is 3. The third-order valence-corrected chi connectivity index (χ3v) is 9.96. The van der Waals surface area contributed by atoms with Gasteiger partial charge in [-0.15, -0.1) is 0 Å². The van der Waals surface area contributed by atoms with Gasteiger partial charge in [0.15, 0.2) is 11.5 Å². The number of aryl methyl sites for hydroxylation is 1. The third kappa shape index (κ3) is 4.80. The molecule has 0 spiro atoms. The van der Waals surface area contributed by atoms with Gasteiger partial charge in [0.1, 0.15) is 17.5 Å². The van der Waals surface area contributed by atoms with Crippen LogP contribution in [0.2, 0.25) is 0 Å². The van der Waals surface area contributed by atoms with Crippen LogP contribution in [0.25, 0.3) is 0 Å². The van der Waals surface area contributed by atoms with E-state index in [2.05, 4.69) is 34.2 Å². The minimum Gasteiger partial charge on any atom is -0.507 e. The fraction of sp³-hybridized carbons (Fsp3) is 0.562. The SMILES string of the molecule is CCCCCC(=O)NC[C@H]1c2c(c(O)c(C)c3c2OCO3)CC2[C@H]3c4c(cc(C)c(C)c4O)C[C@@H]([C@H](C#N)N21)N3C.[Ac]. The van der Waals surface area contributed by atoms with Gasteiger partial charge in [0.25, 0.3) is 0 Å². The van der Waals surface area contributed by atoms with Gasteiger partial charge in [-0.3, -0.25) is 14.6 Å². The van der Waals surface area contributed by atoms with Gasteiger partial charge in [-0.1, -0.05) is 25.8 Å². The Bertz CT molecular complexity index is 1460. The molecule has 1 saturated heterocycles. The van der Waals surface area contributed by atoms with Crippen LogP contribution >= 0.6 is 0 Å². The normalized spacial score (nSPS) is 25.5. The van der Waals surface area contributed by atoms with E-state index in [1.54, 1.807) is 0 Å². The molecule has 221 valence electrons. The van der Waals surface area contributed by atoms with E-state index < -0.39 is 12.1 Å². The van der Waals surface area contributed by atoms with Crippen LogP contribution in [0.4, 0.5) is 0 Å². The first kappa shape index (κ1) is 31.4. The van der Waals surface area contributed by atoms with Crippen molar-refractivity contribution in [3.8, 4) is 29.1 Å². The molecule has 1 radical (unpaired) electrons. The number of nitrogens with one attached hydrogen (secondary N) is 1. The maximum atomic E-state index is 12.9. The largest absolute Gasteiger partial charge is 0.507 e. The smallest absolute Gasteiger partial charge is 0.231 e. The monoisotopic (exact) mass is 787 g/mol. The zero-order valence-corrected chi connectivity index (χ0v) is 29.9. The number of likely N-dealkylation sites (N-methyl/N-ethyl adjacent to an activating group) is 1. The number of nitrogens with zero attached hydrogens (tertiary/aromatic N) is 3. The van der Waals surface area contributed by atoms with E-state index in [9.17, 15) is 20.3 Å². The molecule has 0 saturated carbocycles. The van der Waals surface area contributed by atoms with Gasteiger partial charge in [0, 0.05) is 91.4 Å².